The van der Waals surface area contributed by atoms with Crippen LogP contribution in [0.3, 0.4) is 0 Å². The van der Waals surface area contributed by atoms with Gasteiger partial charge in [0.1, 0.15) is 6.29 Å². The maximum Gasteiger partial charge on any atom is 0.146 e. The third-order valence-electron chi connectivity index (χ3n) is 5.20. The molecule has 2 aliphatic carbocycles. The Labute approximate surface area is 109 Å². The molecule has 3 heteroatoms. The number of aliphatic hydroxyl groups excluding tert-OH is 1. The van der Waals surface area contributed by atoms with Crippen molar-refractivity contribution < 1.29 is 15.0 Å². The van der Waals surface area contributed by atoms with E-state index in [-0.39, 0.29) is 17.9 Å². The van der Waals surface area contributed by atoms with E-state index in [9.17, 15) is 15.0 Å². The quantitative estimate of drug-likeness (QED) is 0.740. The molecule has 0 spiro atoms. The Hall–Kier alpha value is -0.670. The zero-order valence-electron chi connectivity index (χ0n) is 11.8. The minimum Gasteiger partial charge on any atom is -0.395 e. The van der Waals surface area contributed by atoms with Gasteiger partial charge < -0.3 is 10.2 Å². The van der Waals surface area contributed by atoms with E-state index >= 15 is 0 Å². The van der Waals surface area contributed by atoms with Crippen LogP contribution in [0.15, 0.2) is 11.1 Å². The lowest BCUT2D eigenvalue weighted by atomic mass is 9.66. The standard InChI is InChI=1S/C15H24O3/c1-10-5-6-15(18)12(11(10)7-16)14(4,9-17)8-13(15,2)3/h7,10,17-18H,5-6,8-9H2,1-4H3/t10-,14+,15+/m0/s1. The van der Waals surface area contributed by atoms with Crippen molar-refractivity contribution in [2.45, 2.75) is 52.6 Å². The van der Waals surface area contributed by atoms with Crippen molar-refractivity contribution in [1.29, 1.82) is 0 Å². The summed E-state index contributed by atoms with van der Waals surface area (Å²) in [4.78, 5) is 11.4. The van der Waals surface area contributed by atoms with Gasteiger partial charge in [0.15, 0.2) is 0 Å². The topological polar surface area (TPSA) is 57.5 Å². The van der Waals surface area contributed by atoms with Gasteiger partial charge in [-0.15, -0.1) is 0 Å². The van der Waals surface area contributed by atoms with Gasteiger partial charge in [0.2, 0.25) is 0 Å². The summed E-state index contributed by atoms with van der Waals surface area (Å²) in [5.41, 5.74) is -0.188. The molecule has 0 unspecified atom stereocenters. The molecule has 2 aliphatic rings. The summed E-state index contributed by atoms with van der Waals surface area (Å²) in [6.07, 6.45) is 3.12. The van der Waals surface area contributed by atoms with E-state index in [0.29, 0.717) is 18.4 Å². The second-order valence-corrected chi connectivity index (χ2v) is 7.03. The molecule has 18 heavy (non-hydrogen) atoms. The van der Waals surface area contributed by atoms with Crippen LogP contribution in [0.1, 0.15) is 47.0 Å². The highest BCUT2D eigenvalue weighted by Crippen LogP contribution is 2.63. The minimum absolute atomic E-state index is 0.0157. The first-order valence-corrected chi connectivity index (χ1v) is 6.75. The molecule has 0 aromatic rings. The van der Waals surface area contributed by atoms with Gasteiger partial charge in [0, 0.05) is 5.41 Å². The van der Waals surface area contributed by atoms with Crippen molar-refractivity contribution in [3.63, 3.8) is 0 Å². The van der Waals surface area contributed by atoms with Crippen molar-refractivity contribution in [3.8, 4) is 0 Å². The molecule has 1 fully saturated rings. The van der Waals surface area contributed by atoms with Crippen LogP contribution in [0.4, 0.5) is 0 Å². The summed E-state index contributed by atoms with van der Waals surface area (Å²) < 4.78 is 0. The summed E-state index contributed by atoms with van der Waals surface area (Å²) in [5.74, 6) is 0.178. The van der Waals surface area contributed by atoms with Crippen LogP contribution in [0, 0.1) is 16.7 Å². The van der Waals surface area contributed by atoms with Crippen LogP contribution in [0.5, 0.6) is 0 Å². The molecule has 1 saturated carbocycles. The van der Waals surface area contributed by atoms with E-state index in [2.05, 4.69) is 0 Å². The van der Waals surface area contributed by atoms with Gasteiger partial charge in [-0.05, 0) is 41.7 Å². The van der Waals surface area contributed by atoms with Crippen molar-refractivity contribution in [2.24, 2.45) is 16.7 Å². The number of allylic oxidation sites excluding steroid dienone is 1. The third-order valence-corrected chi connectivity index (χ3v) is 5.20. The average Bonchev–Trinajstić information content (AvgIpc) is 2.46. The molecule has 0 aromatic heterocycles. The first-order chi connectivity index (χ1) is 8.22. The molecule has 0 aliphatic heterocycles. The van der Waals surface area contributed by atoms with Gasteiger partial charge >= 0.3 is 0 Å². The Balaban J connectivity index is 2.71. The fourth-order valence-electron chi connectivity index (χ4n) is 4.24. The van der Waals surface area contributed by atoms with Gasteiger partial charge in [-0.2, -0.15) is 0 Å². The van der Waals surface area contributed by atoms with Crippen molar-refractivity contribution in [1.82, 2.24) is 0 Å². The van der Waals surface area contributed by atoms with Crippen LogP contribution in [0.2, 0.25) is 0 Å². The molecule has 0 aromatic carbocycles. The lowest BCUT2D eigenvalue weighted by Crippen LogP contribution is -2.45. The molecule has 102 valence electrons. The molecular formula is C15H24O3. The summed E-state index contributed by atoms with van der Waals surface area (Å²) in [7, 11) is 0. The smallest absolute Gasteiger partial charge is 0.146 e. The largest absolute Gasteiger partial charge is 0.395 e. The Bertz CT molecular complexity index is 410. The van der Waals surface area contributed by atoms with Gasteiger partial charge in [-0.3, -0.25) is 4.79 Å². The number of aliphatic hydroxyl groups is 2. The summed E-state index contributed by atoms with van der Waals surface area (Å²) in [6, 6.07) is 0. The Morgan fingerprint density at radius 2 is 2.00 bits per heavy atom. The predicted octanol–water partition coefficient (Wildman–Crippen LogP) is 2.07. The highest BCUT2D eigenvalue weighted by molar-refractivity contribution is 5.77. The number of aldehydes is 1. The second kappa shape index (κ2) is 3.91. The number of rotatable bonds is 2. The highest BCUT2D eigenvalue weighted by atomic mass is 16.3. The lowest BCUT2D eigenvalue weighted by Gasteiger charge is -2.43. The lowest BCUT2D eigenvalue weighted by molar-refractivity contribution is -0.106. The van der Waals surface area contributed by atoms with Gasteiger partial charge in [0.25, 0.3) is 0 Å². The minimum atomic E-state index is -0.937. The van der Waals surface area contributed by atoms with Crippen LogP contribution in [0.25, 0.3) is 0 Å². The third kappa shape index (κ3) is 1.53. The highest BCUT2D eigenvalue weighted by Gasteiger charge is 2.62. The number of hydrogen-bond donors (Lipinski definition) is 2. The molecule has 0 saturated heterocycles. The monoisotopic (exact) mass is 252 g/mol. The Morgan fingerprint density at radius 3 is 2.50 bits per heavy atom. The Kier molecular flexibility index (Phi) is 2.99. The zero-order valence-corrected chi connectivity index (χ0v) is 11.8. The molecule has 0 radical (unpaired) electrons. The number of carbonyl (C=O) groups is 1. The van der Waals surface area contributed by atoms with Crippen molar-refractivity contribution in [2.75, 3.05) is 6.61 Å². The molecule has 3 nitrogen and oxygen atoms in total. The Morgan fingerprint density at radius 1 is 1.39 bits per heavy atom. The second-order valence-electron chi connectivity index (χ2n) is 7.03. The molecule has 2 rings (SSSR count). The van der Waals surface area contributed by atoms with E-state index in [0.717, 1.165) is 18.3 Å². The normalized spacial score (nSPS) is 42.9. The van der Waals surface area contributed by atoms with E-state index in [1.165, 1.54) is 0 Å². The maximum absolute atomic E-state index is 11.4. The number of fused-ring (bicyclic) bond motifs is 1. The maximum atomic E-state index is 11.4. The van der Waals surface area contributed by atoms with Crippen LogP contribution in [-0.4, -0.2) is 28.7 Å². The average molecular weight is 252 g/mol. The van der Waals surface area contributed by atoms with E-state index < -0.39 is 11.0 Å². The van der Waals surface area contributed by atoms with E-state index in [4.69, 9.17) is 0 Å². The predicted molar refractivity (Wildman–Crippen MR) is 70.0 cm³/mol. The molecule has 3 atom stereocenters. The van der Waals surface area contributed by atoms with E-state index in [1.807, 2.05) is 27.7 Å². The summed E-state index contributed by atoms with van der Waals surface area (Å²) >= 11 is 0. The molecule has 0 amide bonds. The first-order valence-electron chi connectivity index (χ1n) is 6.75. The van der Waals surface area contributed by atoms with Crippen LogP contribution in [-0.2, 0) is 4.79 Å². The van der Waals surface area contributed by atoms with Crippen molar-refractivity contribution >= 4 is 6.29 Å². The molecule has 2 N–H and O–H groups in total. The van der Waals surface area contributed by atoms with Gasteiger partial charge in [-0.1, -0.05) is 27.7 Å². The molecule has 0 bridgehead atoms. The van der Waals surface area contributed by atoms with Gasteiger partial charge in [-0.25, -0.2) is 0 Å². The summed E-state index contributed by atoms with van der Waals surface area (Å²) in [6.45, 7) is 8.04. The van der Waals surface area contributed by atoms with Crippen molar-refractivity contribution in [3.05, 3.63) is 11.1 Å². The number of carbonyl (C=O) groups excluding carboxylic acids is 1. The van der Waals surface area contributed by atoms with E-state index in [1.54, 1.807) is 0 Å². The summed E-state index contributed by atoms with van der Waals surface area (Å²) in [5, 5.41) is 20.8. The van der Waals surface area contributed by atoms with Crippen LogP contribution < -0.4 is 0 Å². The van der Waals surface area contributed by atoms with Gasteiger partial charge in [0.05, 0.1) is 12.2 Å². The molecular weight excluding hydrogens is 228 g/mol. The van der Waals surface area contributed by atoms with Crippen LogP contribution >= 0.6 is 0 Å². The first kappa shape index (κ1) is 13.8. The SMILES string of the molecule is C[C@H]1CC[C@@]2(O)C(=C1C=O)[C@@](C)(CO)CC2(C)C. The number of hydrogen-bond acceptors (Lipinski definition) is 3. The fourth-order valence-corrected chi connectivity index (χ4v) is 4.24. The molecule has 0 heterocycles. The fraction of sp³-hybridized carbons (Fsp3) is 0.800. The zero-order chi connectivity index (χ0) is 13.8.